The van der Waals surface area contributed by atoms with E-state index < -0.39 is 0 Å². The van der Waals surface area contributed by atoms with Gasteiger partial charge in [0.15, 0.2) is 5.82 Å². The molecule has 1 aromatic rings. The van der Waals surface area contributed by atoms with Gasteiger partial charge in [-0.25, -0.2) is 4.98 Å². The second-order valence-electron chi connectivity index (χ2n) is 3.84. The van der Waals surface area contributed by atoms with Crippen molar-refractivity contribution in [2.45, 2.75) is 6.92 Å². The zero-order chi connectivity index (χ0) is 10.7. The van der Waals surface area contributed by atoms with Gasteiger partial charge >= 0.3 is 0 Å². The standard InChI is InChI=1S/C11H18N4/c1-2-14-6-8-15(9-7-14)11-10(12)4-3-5-13-11/h3-5H,2,6-9,12H2,1H3. The van der Waals surface area contributed by atoms with Crippen molar-refractivity contribution in [3.05, 3.63) is 18.3 Å². The number of nitrogens with zero attached hydrogens (tertiary/aromatic N) is 3. The average Bonchev–Trinajstić information content (AvgIpc) is 2.30. The Labute approximate surface area is 90.7 Å². The molecule has 0 amide bonds. The molecule has 1 aliphatic rings. The molecule has 2 rings (SSSR count). The first-order chi connectivity index (χ1) is 7.31. The van der Waals surface area contributed by atoms with Crippen LogP contribution in [0.15, 0.2) is 18.3 Å². The second-order valence-corrected chi connectivity index (χ2v) is 3.84. The first kappa shape index (κ1) is 10.2. The Kier molecular flexibility index (Phi) is 3.06. The first-order valence-corrected chi connectivity index (χ1v) is 5.49. The van der Waals surface area contributed by atoms with Crippen LogP contribution in [0.1, 0.15) is 6.92 Å². The normalized spacial score (nSPS) is 18.1. The van der Waals surface area contributed by atoms with Crippen LogP contribution in [-0.2, 0) is 0 Å². The van der Waals surface area contributed by atoms with E-state index >= 15 is 0 Å². The molecule has 2 heterocycles. The molecule has 0 aromatic carbocycles. The first-order valence-electron chi connectivity index (χ1n) is 5.49. The molecule has 0 aliphatic carbocycles. The molecule has 1 aromatic heterocycles. The summed E-state index contributed by atoms with van der Waals surface area (Å²) in [6.07, 6.45) is 1.80. The molecule has 0 radical (unpaired) electrons. The van der Waals surface area contributed by atoms with Crippen molar-refractivity contribution >= 4 is 11.5 Å². The van der Waals surface area contributed by atoms with Crippen LogP contribution < -0.4 is 10.6 Å². The van der Waals surface area contributed by atoms with Gasteiger partial charge in [0.1, 0.15) is 0 Å². The number of likely N-dealkylation sites (N-methyl/N-ethyl adjacent to an activating group) is 1. The Morgan fingerprint density at radius 1 is 1.33 bits per heavy atom. The highest BCUT2D eigenvalue weighted by atomic mass is 15.3. The summed E-state index contributed by atoms with van der Waals surface area (Å²) in [6, 6.07) is 3.79. The van der Waals surface area contributed by atoms with Crippen molar-refractivity contribution in [3.63, 3.8) is 0 Å². The molecule has 1 aliphatic heterocycles. The van der Waals surface area contributed by atoms with Crippen LogP contribution >= 0.6 is 0 Å². The number of anilines is 2. The maximum Gasteiger partial charge on any atom is 0.151 e. The number of rotatable bonds is 2. The average molecular weight is 206 g/mol. The number of hydrogen-bond donors (Lipinski definition) is 1. The van der Waals surface area contributed by atoms with Crippen LogP contribution in [0.2, 0.25) is 0 Å². The van der Waals surface area contributed by atoms with Crippen molar-refractivity contribution in [3.8, 4) is 0 Å². The van der Waals surface area contributed by atoms with Crippen molar-refractivity contribution in [2.75, 3.05) is 43.4 Å². The molecule has 2 N–H and O–H groups in total. The van der Waals surface area contributed by atoms with Gasteiger partial charge in [0, 0.05) is 32.4 Å². The minimum Gasteiger partial charge on any atom is -0.396 e. The molecule has 4 heteroatoms. The summed E-state index contributed by atoms with van der Waals surface area (Å²) in [5.74, 6) is 0.938. The Bertz CT molecular complexity index is 318. The molecular formula is C11H18N4. The maximum atomic E-state index is 5.90. The largest absolute Gasteiger partial charge is 0.396 e. The van der Waals surface area contributed by atoms with E-state index in [9.17, 15) is 0 Å². The second kappa shape index (κ2) is 4.49. The van der Waals surface area contributed by atoms with Crippen molar-refractivity contribution in [1.82, 2.24) is 9.88 Å². The molecule has 82 valence electrons. The minimum atomic E-state index is 0.780. The van der Waals surface area contributed by atoms with Crippen LogP contribution in [0.25, 0.3) is 0 Å². The highest BCUT2D eigenvalue weighted by Gasteiger charge is 2.17. The van der Waals surface area contributed by atoms with Crippen molar-refractivity contribution in [1.29, 1.82) is 0 Å². The number of piperazine rings is 1. The third-order valence-corrected chi connectivity index (χ3v) is 2.94. The van der Waals surface area contributed by atoms with Gasteiger partial charge in [0.05, 0.1) is 5.69 Å². The highest BCUT2D eigenvalue weighted by molar-refractivity contribution is 5.62. The Hall–Kier alpha value is -1.29. The Balaban J connectivity index is 2.04. The zero-order valence-electron chi connectivity index (χ0n) is 9.19. The molecule has 15 heavy (non-hydrogen) atoms. The lowest BCUT2D eigenvalue weighted by Crippen LogP contribution is -2.46. The SMILES string of the molecule is CCN1CCN(c2ncccc2N)CC1. The molecule has 0 atom stereocenters. The zero-order valence-corrected chi connectivity index (χ0v) is 9.19. The number of nitrogen functional groups attached to an aromatic ring is 1. The maximum absolute atomic E-state index is 5.90. The molecule has 1 fully saturated rings. The molecule has 0 spiro atoms. The topological polar surface area (TPSA) is 45.4 Å². The summed E-state index contributed by atoms with van der Waals surface area (Å²) in [7, 11) is 0. The molecule has 0 saturated carbocycles. The summed E-state index contributed by atoms with van der Waals surface area (Å²) < 4.78 is 0. The van der Waals surface area contributed by atoms with Crippen LogP contribution in [0.5, 0.6) is 0 Å². The molecular weight excluding hydrogens is 188 g/mol. The van der Waals surface area contributed by atoms with Gasteiger partial charge in [-0.05, 0) is 18.7 Å². The lowest BCUT2D eigenvalue weighted by atomic mass is 10.3. The predicted molar refractivity (Wildman–Crippen MR) is 63.0 cm³/mol. The van der Waals surface area contributed by atoms with Gasteiger partial charge < -0.3 is 15.5 Å². The van der Waals surface area contributed by atoms with E-state index in [0.29, 0.717) is 0 Å². The number of nitrogens with two attached hydrogens (primary N) is 1. The van der Waals surface area contributed by atoms with E-state index in [1.165, 1.54) is 0 Å². The van der Waals surface area contributed by atoms with Crippen LogP contribution in [0, 0.1) is 0 Å². The van der Waals surface area contributed by atoms with Crippen molar-refractivity contribution in [2.24, 2.45) is 0 Å². The Morgan fingerprint density at radius 2 is 2.07 bits per heavy atom. The van der Waals surface area contributed by atoms with Crippen LogP contribution in [-0.4, -0.2) is 42.6 Å². The monoisotopic (exact) mass is 206 g/mol. The van der Waals surface area contributed by atoms with Crippen molar-refractivity contribution < 1.29 is 0 Å². The van der Waals surface area contributed by atoms with Gasteiger partial charge in [-0.15, -0.1) is 0 Å². The van der Waals surface area contributed by atoms with E-state index in [0.717, 1.165) is 44.2 Å². The molecule has 0 bridgehead atoms. The highest BCUT2D eigenvalue weighted by Crippen LogP contribution is 2.20. The van der Waals surface area contributed by atoms with E-state index in [4.69, 9.17) is 5.73 Å². The van der Waals surface area contributed by atoms with E-state index in [1.54, 1.807) is 6.20 Å². The van der Waals surface area contributed by atoms with Gasteiger partial charge in [-0.3, -0.25) is 0 Å². The number of hydrogen-bond acceptors (Lipinski definition) is 4. The molecule has 0 unspecified atom stereocenters. The van der Waals surface area contributed by atoms with E-state index in [1.807, 2.05) is 12.1 Å². The van der Waals surface area contributed by atoms with Gasteiger partial charge in [0.2, 0.25) is 0 Å². The minimum absolute atomic E-state index is 0.780. The quantitative estimate of drug-likeness (QED) is 0.777. The fraction of sp³-hybridized carbons (Fsp3) is 0.545. The van der Waals surface area contributed by atoms with Crippen LogP contribution in [0.4, 0.5) is 11.5 Å². The fourth-order valence-electron chi connectivity index (χ4n) is 1.95. The summed E-state index contributed by atoms with van der Waals surface area (Å²) in [5, 5.41) is 0. The number of aromatic nitrogens is 1. The third kappa shape index (κ3) is 2.21. The van der Waals surface area contributed by atoms with Gasteiger partial charge in [-0.1, -0.05) is 6.92 Å². The third-order valence-electron chi connectivity index (χ3n) is 2.94. The lowest BCUT2D eigenvalue weighted by molar-refractivity contribution is 0.270. The van der Waals surface area contributed by atoms with E-state index in [-0.39, 0.29) is 0 Å². The lowest BCUT2D eigenvalue weighted by Gasteiger charge is -2.35. The smallest absolute Gasteiger partial charge is 0.151 e. The summed E-state index contributed by atoms with van der Waals surface area (Å²) in [6.45, 7) is 7.58. The number of pyridine rings is 1. The Morgan fingerprint density at radius 3 is 2.67 bits per heavy atom. The summed E-state index contributed by atoms with van der Waals surface area (Å²) in [5.41, 5.74) is 6.68. The fourth-order valence-corrected chi connectivity index (χ4v) is 1.95. The van der Waals surface area contributed by atoms with Gasteiger partial charge in [-0.2, -0.15) is 0 Å². The molecule has 4 nitrogen and oxygen atoms in total. The van der Waals surface area contributed by atoms with Gasteiger partial charge in [0.25, 0.3) is 0 Å². The van der Waals surface area contributed by atoms with Crippen LogP contribution in [0.3, 0.4) is 0 Å². The predicted octanol–water partition coefficient (Wildman–Crippen LogP) is 0.806. The summed E-state index contributed by atoms with van der Waals surface area (Å²) >= 11 is 0. The molecule has 1 saturated heterocycles. The summed E-state index contributed by atoms with van der Waals surface area (Å²) in [4.78, 5) is 9.04. The van der Waals surface area contributed by atoms with E-state index in [2.05, 4.69) is 21.7 Å².